The Morgan fingerprint density at radius 1 is 1.24 bits per heavy atom. The minimum absolute atomic E-state index is 0.0309. The molecule has 2 heterocycles. The molecule has 0 radical (unpaired) electrons. The number of aromatic nitrogens is 2. The van der Waals surface area contributed by atoms with Gasteiger partial charge in [-0.05, 0) is 43.9 Å². The highest BCUT2D eigenvalue weighted by atomic mass is 16.1. The molecule has 0 bridgehead atoms. The third-order valence-corrected chi connectivity index (χ3v) is 4.25. The second-order valence-electron chi connectivity index (χ2n) is 5.96. The molecule has 0 aliphatic carbocycles. The molecule has 0 saturated carbocycles. The highest BCUT2D eigenvalue weighted by Gasteiger charge is 2.20. The van der Waals surface area contributed by atoms with Crippen LogP contribution in [0.3, 0.4) is 0 Å². The van der Waals surface area contributed by atoms with Crippen LogP contribution in [0.5, 0.6) is 0 Å². The van der Waals surface area contributed by atoms with E-state index in [1.165, 1.54) is 16.7 Å². The van der Waals surface area contributed by atoms with E-state index in [-0.39, 0.29) is 5.56 Å². The van der Waals surface area contributed by atoms with Gasteiger partial charge in [-0.1, -0.05) is 18.2 Å². The first-order chi connectivity index (χ1) is 10.0. The van der Waals surface area contributed by atoms with Gasteiger partial charge in [0.05, 0.1) is 5.69 Å². The van der Waals surface area contributed by atoms with Crippen LogP contribution in [-0.2, 0) is 19.5 Å². The molecule has 21 heavy (non-hydrogen) atoms. The lowest BCUT2D eigenvalue weighted by Crippen LogP contribution is -2.35. The summed E-state index contributed by atoms with van der Waals surface area (Å²) < 4.78 is 0. The summed E-state index contributed by atoms with van der Waals surface area (Å²) in [6.07, 6.45) is 0.781. The lowest BCUT2D eigenvalue weighted by atomic mass is 10.0. The first-order valence-corrected chi connectivity index (χ1v) is 7.40. The summed E-state index contributed by atoms with van der Waals surface area (Å²) in [5.41, 5.74) is 5.80. The van der Waals surface area contributed by atoms with Crippen LogP contribution < -0.4 is 5.56 Å². The number of aryl methyl sites for hydroxylation is 3. The average molecular weight is 283 g/mol. The van der Waals surface area contributed by atoms with Crippen LogP contribution in [0.15, 0.2) is 23.0 Å². The molecule has 1 aromatic heterocycles. The number of hydrogen-bond acceptors (Lipinski definition) is 3. The van der Waals surface area contributed by atoms with Gasteiger partial charge < -0.3 is 4.98 Å². The Morgan fingerprint density at radius 2 is 2.05 bits per heavy atom. The van der Waals surface area contributed by atoms with Gasteiger partial charge in [-0.3, -0.25) is 9.69 Å². The van der Waals surface area contributed by atoms with Crippen molar-refractivity contribution in [2.24, 2.45) is 0 Å². The van der Waals surface area contributed by atoms with E-state index in [0.717, 1.165) is 37.3 Å². The van der Waals surface area contributed by atoms with Crippen molar-refractivity contribution in [3.05, 3.63) is 62.3 Å². The van der Waals surface area contributed by atoms with Crippen LogP contribution in [0.2, 0.25) is 0 Å². The van der Waals surface area contributed by atoms with Gasteiger partial charge in [0.1, 0.15) is 5.82 Å². The van der Waals surface area contributed by atoms with E-state index in [0.29, 0.717) is 5.82 Å². The van der Waals surface area contributed by atoms with Crippen LogP contribution in [0, 0.1) is 20.8 Å². The standard InChI is InChI=1S/C17H21N3O/c1-11-4-5-14(8-12(11)2)9-20-7-6-15-16(10-20)18-13(3)19-17(15)21/h4-5,8H,6-7,9-10H2,1-3H3,(H,18,19,21). The zero-order chi connectivity index (χ0) is 15.0. The van der Waals surface area contributed by atoms with Crippen molar-refractivity contribution in [2.75, 3.05) is 6.54 Å². The molecule has 1 N–H and O–H groups in total. The van der Waals surface area contributed by atoms with Crippen molar-refractivity contribution in [2.45, 2.75) is 40.3 Å². The monoisotopic (exact) mass is 283 g/mol. The Kier molecular flexibility index (Phi) is 3.64. The number of nitrogens with zero attached hydrogens (tertiary/aromatic N) is 2. The fourth-order valence-corrected chi connectivity index (χ4v) is 2.91. The molecule has 3 rings (SSSR count). The van der Waals surface area contributed by atoms with Crippen molar-refractivity contribution in [1.29, 1.82) is 0 Å². The SMILES string of the molecule is Cc1nc2c(c(=O)[nH]1)CCN(Cc1ccc(C)c(C)c1)C2. The van der Waals surface area contributed by atoms with Crippen molar-refractivity contribution in [3.63, 3.8) is 0 Å². The van der Waals surface area contributed by atoms with Gasteiger partial charge in [-0.25, -0.2) is 4.98 Å². The van der Waals surface area contributed by atoms with Gasteiger partial charge in [0.2, 0.25) is 0 Å². The van der Waals surface area contributed by atoms with Gasteiger partial charge in [0.15, 0.2) is 0 Å². The predicted molar refractivity (Wildman–Crippen MR) is 83.3 cm³/mol. The van der Waals surface area contributed by atoms with Crippen molar-refractivity contribution in [3.8, 4) is 0 Å². The lowest BCUT2D eigenvalue weighted by molar-refractivity contribution is 0.240. The second kappa shape index (κ2) is 5.45. The number of nitrogens with one attached hydrogen (secondary N) is 1. The summed E-state index contributed by atoms with van der Waals surface area (Å²) in [4.78, 5) is 21.6. The summed E-state index contributed by atoms with van der Waals surface area (Å²) in [7, 11) is 0. The molecule has 1 aliphatic rings. The maximum Gasteiger partial charge on any atom is 0.254 e. The Morgan fingerprint density at radius 3 is 2.81 bits per heavy atom. The number of H-pyrrole nitrogens is 1. The maximum atomic E-state index is 11.9. The molecule has 0 amide bonds. The fourth-order valence-electron chi connectivity index (χ4n) is 2.91. The van der Waals surface area contributed by atoms with E-state index in [4.69, 9.17) is 0 Å². The van der Waals surface area contributed by atoms with Crippen molar-refractivity contribution >= 4 is 0 Å². The minimum atomic E-state index is 0.0309. The highest BCUT2D eigenvalue weighted by molar-refractivity contribution is 5.30. The zero-order valence-electron chi connectivity index (χ0n) is 12.9. The Balaban J connectivity index is 1.80. The number of aromatic amines is 1. The summed E-state index contributed by atoms with van der Waals surface area (Å²) in [6, 6.07) is 6.62. The minimum Gasteiger partial charge on any atom is -0.311 e. The number of benzene rings is 1. The van der Waals surface area contributed by atoms with Crippen LogP contribution in [0.1, 0.15) is 33.8 Å². The summed E-state index contributed by atoms with van der Waals surface area (Å²) in [6.45, 7) is 8.70. The lowest BCUT2D eigenvalue weighted by Gasteiger charge is -2.27. The summed E-state index contributed by atoms with van der Waals surface area (Å²) in [5.74, 6) is 0.701. The number of fused-ring (bicyclic) bond motifs is 1. The molecule has 4 nitrogen and oxygen atoms in total. The molecule has 0 fully saturated rings. The Hall–Kier alpha value is -1.94. The molecule has 0 unspecified atom stereocenters. The second-order valence-corrected chi connectivity index (χ2v) is 5.96. The van der Waals surface area contributed by atoms with Crippen LogP contribution in [0.25, 0.3) is 0 Å². The molecule has 1 aliphatic heterocycles. The molecule has 2 aromatic rings. The molecule has 0 atom stereocenters. The topological polar surface area (TPSA) is 49.0 Å². The zero-order valence-corrected chi connectivity index (χ0v) is 12.9. The molecular formula is C17H21N3O. The van der Waals surface area contributed by atoms with Gasteiger partial charge >= 0.3 is 0 Å². The average Bonchev–Trinajstić information content (AvgIpc) is 2.42. The molecular weight excluding hydrogens is 262 g/mol. The van der Waals surface area contributed by atoms with Gasteiger partial charge in [-0.2, -0.15) is 0 Å². The smallest absolute Gasteiger partial charge is 0.254 e. The van der Waals surface area contributed by atoms with E-state index in [1.54, 1.807) is 0 Å². The Bertz CT molecular complexity index is 733. The number of rotatable bonds is 2. The van der Waals surface area contributed by atoms with E-state index in [2.05, 4.69) is 46.9 Å². The fraction of sp³-hybridized carbons (Fsp3) is 0.412. The van der Waals surface area contributed by atoms with Crippen LogP contribution >= 0.6 is 0 Å². The van der Waals surface area contributed by atoms with Crippen molar-refractivity contribution < 1.29 is 0 Å². The summed E-state index contributed by atoms with van der Waals surface area (Å²) in [5, 5.41) is 0. The molecule has 4 heteroatoms. The molecule has 0 saturated heterocycles. The largest absolute Gasteiger partial charge is 0.311 e. The first-order valence-electron chi connectivity index (χ1n) is 7.40. The molecule has 1 aromatic carbocycles. The predicted octanol–water partition coefficient (Wildman–Crippen LogP) is 2.25. The maximum absolute atomic E-state index is 11.9. The van der Waals surface area contributed by atoms with Crippen molar-refractivity contribution in [1.82, 2.24) is 14.9 Å². The first kappa shape index (κ1) is 14.0. The molecule has 110 valence electrons. The normalized spacial score (nSPS) is 15.0. The van der Waals surface area contributed by atoms with E-state index < -0.39 is 0 Å². The third-order valence-electron chi connectivity index (χ3n) is 4.25. The number of hydrogen-bond donors (Lipinski definition) is 1. The van der Waals surface area contributed by atoms with Crippen LogP contribution in [-0.4, -0.2) is 21.4 Å². The Labute approximate surface area is 124 Å². The van der Waals surface area contributed by atoms with E-state index >= 15 is 0 Å². The third kappa shape index (κ3) is 2.90. The quantitative estimate of drug-likeness (QED) is 0.919. The van der Waals surface area contributed by atoms with Gasteiger partial charge in [0.25, 0.3) is 5.56 Å². The molecule has 0 spiro atoms. The van der Waals surface area contributed by atoms with Crippen LogP contribution in [0.4, 0.5) is 0 Å². The van der Waals surface area contributed by atoms with E-state index in [9.17, 15) is 4.79 Å². The summed E-state index contributed by atoms with van der Waals surface area (Å²) >= 11 is 0. The van der Waals surface area contributed by atoms with E-state index in [1.807, 2.05) is 6.92 Å². The van der Waals surface area contributed by atoms with Gasteiger partial charge in [0, 0.05) is 25.2 Å². The highest BCUT2D eigenvalue weighted by Crippen LogP contribution is 2.18. The van der Waals surface area contributed by atoms with Gasteiger partial charge in [-0.15, -0.1) is 0 Å².